The van der Waals surface area contributed by atoms with E-state index in [0.717, 1.165) is 26.7 Å². The fourth-order valence-electron chi connectivity index (χ4n) is 2.25. The quantitative estimate of drug-likeness (QED) is 0.671. The molecule has 2 aromatic carbocycles. The number of benzene rings is 2. The largest absolute Gasteiger partial charge is 0.380 e. The highest BCUT2D eigenvalue weighted by Gasteiger charge is 2.20. The normalized spacial score (nSPS) is 10.8. The maximum Gasteiger partial charge on any atom is 0.177 e. The standard InChI is InChI=1S/C16H12BrClN2O/c1-9-6-7-10(18)8-12(9)15-14(16(19)20-21-15)11-4-2-3-5-13(11)17/h2-8H,1H3,(H2,19,20). The van der Waals surface area contributed by atoms with Crippen LogP contribution < -0.4 is 5.73 Å². The van der Waals surface area contributed by atoms with Gasteiger partial charge in [-0.15, -0.1) is 0 Å². The second-order valence-corrected chi connectivity index (χ2v) is 6.00. The molecule has 21 heavy (non-hydrogen) atoms. The Morgan fingerprint density at radius 2 is 1.90 bits per heavy atom. The first-order chi connectivity index (χ1) is 10.1. The first-order valence-corrected chi connectivity index (χ1v) is 7.51. The summed E-state index contributed by atoms with van der Waals surface area (Å²) < 4.78 is 6.40. The molecule has 0 unspecified atom stereocenters. The van der Waals surface area contributed by atoms with Crippen LogP contribution in [0.4, 0.5) is 5.82 Å². The van der Waals surface area contributed by atoms with Gasteiger partial charge in [0.05, 0.1) is 5.56 Å². The molecule has 1 heterocycles. The van der Waals surface area contributed by atoms with Crippen LogP contribution in [0.2, 0.25) is 5.02 Å². The van der Waals surface area contributed by atoms with Crippen LogP contribution in [0.25, 0.3) is 22.5 Å². The lowest BCUT2D eigenvalue weighted by Gasteiger charge is -2.07. The first-order valence-electron chi connectivity index (χ1n) is 6.34. The van der Waals surface area contributed by atoms with Crippen molar-refractivity contribution >= 4 is 33.3 Å². The van der Waals surface area contributed by atoms with Gasteiger partial charge in [-0.05, 0) is 30.7 Å². The van der Waals surface area contributed by atoms with Gasteiger partial charge in [-0.25, -0.2) is 0 Å². The van der Waals surface area contributed by atoms with Gasteiger partial charge >= 0.3 is 0 Å². The number of anilines is 1. The summed E-state index contributed by atoms with van der Waals surface area (Å²) in [4.78, 5) is 0. The van der Waals surface area contributed by atoms with Crippen LogP contribution in [0.3, 0.4) is 0 Å². The molecule has 0 saturated heterocycles. The summed E-state index contributed by atoms with van der Waals surface area (Å²) in [6.07, 6.45) is 0. The molecule has 3 rings (SSSR count). The number of aromatic nitrogens is 1. The number of rotatable bonds is 2. The first kappa shape index (κ1) is 14.2. The lowest BCUT2D eigenvalue weighted by atomic mass is 9.99. The number of halogens is 2. The number of hydrogen-bond acceptors (Lipinski definition) is 3. The fraction of sp³-hybridized carbons (Fsp3) is 0.0625. The number of nitrogens with zero attached hydrogens (tertiary/aromatic N) is 1. The van der Waals surface area contributed by atoms with Crippen LogP contribution in [-0.4, -0.2) is 5.16 Å². The minimum atomic E-state index is 0.358. The molecule has 0 aliphatic carbocycles. The van der Waals surface area contributed by atoms with E-state index in [9.17, 15) is 0 Å². The minimum absolute atomic E-state index is 0.358. The third kappa shape index (κ3) is 2.57. The van der Waals surface area contributed by atoms with E-state index in [1.165, 1.54) is 0 Å². The summed E-state index contributed by atoms with van der Waals surface area (Å²) in [5.41, 5.74) is 9.65. The summed E-state index contributed by atoms with van der Waals surface area (Å²) in [5, 5.41) is 4.56. The van der Waals surface area contributed by atoms with E-state index >= 15 is 0 Å². The molecule has 0 aliphatic heterocycles. The molecular weight excluding hydrogens is 352 g/mol. The molecule has 0 fully saturated rings. The zero-order chi connectivity index (χ0) is 15.0. The van der Waals surface area contributed by atoms with Crippen molar-refractivity contribution in [3.63, 3.8) is 0 Å². The Morgan fingerprint density at radius 3 is 2.67 bits per heavy atom. The highest BCUT2D eigenvalue weighted by molar-refractivity contribution is 9.10. The third-order valence-corrected chi connectivity index (χ3v) is 4.23. The van der Waals surface area contributed by atoms with Crippen molar-refractivity contribution in [3.05, 3.63) is 57.5 Å². The Labute approximate surface area is 135 Å². The summed E-state index contributed by atoms with van der Waals surface area (Å²) in [6, 6.07) is 13.5. The molecule has 0 spiro atoms. The van der Waals surface area contributed by atoms with Crippen molar-refractivity contribution in [2.75, 3.05) is 5.73 Å². The van der Waals surface area contributed by atoms with E-state index in [-0.39, 0.29) is 0 Å². The maximum absolute atomic E-state index is 6.10. The molecule has 3 nitrogen and oxygen atoms in total. The molecule has 0 amide bonds. The molecule has 5 heteroatoms. The average molecular weight is 364 g/mol. The fourth-order valence-corrected chi connectivity index (χ4v) is 2.90. The van der Waals surface area contributed by atoms with Gasteiger partial charge in [0.2, 0.25) is 0 Å². The molecule has 0 atom stereocenters. The van der Waals surface area contributed by atoms with Gasteiger partial charge in [-0.2, -0.15) is 0 Å². The number of nitrogens with two attached hydrogens (primary N) is 1. The van der Waals surface area contributed by atoms with Gasteiger partial charge in [0.15, 0.2) is 11.6 Å². The van der Waals surface area contributed by atoms with Crippen LogP contribution in [0.15, 0.2) is 51.5 Å². The highest BCUT2D eigenvalue weighted by Crippen LogP contribution is 2.41. The predicted octanol–water partition coefficient (Wildman–Crippen LogP) is 5.32. The van der Waals surface area contributed by atoms with Crippen molar-refractivity contribution < 1.29 is 4.52 Å². The van der Waals surface area contributed by atoms with Crippen molar-refractivity contribution in [2.24, 2.45) is 0 Å². The Balaban J connectivity index is 2.27. The predicted molar refractivity (Wildman–Crippen MR) is 89.2 cm³/mol. The summed E-state index contributed by atoms with van der Waals surface area (Å²) in [5.74, 6) is 0.982. The van der Waals surface area contributed by atoms with Gasteiger partial charge in [0.1, 0.15) is 0 Å². The van der Waals surface area contributed by atoms with Crippen LogP contribution in [0.1, 0.15) is 5.56 Å². The lowest BCUT2D eigenvalue weighted by molar-refractivity contribution is 0.436. The topological polar surface area (TPSA) is 52.0 Å². The second-order valence-electron chi connectivity index (χ2n) is 4.71. The Kier molecular flexibility index (Phi) is 3.74. The molecule has 0 radical (unpaired) electrons. The zero-order valence-corrected chi connectivity index (χ0v) is 13.6. The molecule has 0 aliphatic rings. The SMILES string of the molecule is Cc1ccc(Cl)cc1-c1onc(N)c1-c1ccccc1Br. The van der Waals surface area contributed by atoms with Crippen molar-refractivity contribution in [1.82, 2.24) is 5.16 Å². The zero-order valence-electron chi connectivity index (χ0n) is 11.2. The van der Waals surface area contributed by atoms with Crippen molar-refractivity contribution in [3.8, 4) is 22.5 Å². The smallest absolute Gasteiger partial charge is 0.177 e. The summed E-state index contributed by atoms with van der Waals surface area (Å²) in [6.45, 7) is 1.99. The number of aryl methyl sites for hydroxylation is 1. The molecule has 0 bridgehead atoms. The van der Waals surface area contributed by atoms with E-state index in [0.29, 0.717) is 16.6 Å². The van der Waals surface area contributed by atoms with Gasteiger partial charge in [0, 0.05) is 20.6 Å². The Hall–Kier alpha value is -1.78. The van der Waals surface area contributed by atoms with Crippen LogP contribution in [0.5, 0.6) is 0 Å². The number of hydrogen-bond donors (Lipinski definition) is 1. The summed E-state index contributed by atoms with van der Waals surface area (Å²) in [7, 11) is 0. The van der Waals surface area contributed by atoms with Crippen molar-refractivity contribution in [2.45, 2.75) is 6.92 Å². The lowest BCUT2D eigenvalue weighted by Crippen LogP contribution is -1.90. The van der Waals surface area contributed by atoms with Crippen LogP contribution in [-0.2, 0) is 0 Å². The molecule has 3 aromatic rings. The molecular formula is C16H12BrClN2O. The monoisotopic (exact) mass is 362 g/mol. The van der Waals surface area contributed by atoms with Crippen molar-refractivity contribution in [1.29, 1.82) is 0 Å². The van der Waals surface area contributed by atoms with Gasteiger partial charge < -0.3 is 10.3 Å². The molecule has 1 aromatic heterocycles. The molecule has 0 saturated carbocycles. The van der Waals surface area contributed by atoms with Crippen LogP contribution >= 0.6 is 27.5 Å². The van der Waals surface area contributed by atoms with E-state index in [2.05, 4.69) is 21.1 Å². The third-order valence-electron chi connectivity index (χ3n) is 3.31. The van der Waals surface area contributed by atoms with Gasteiger partial charge in [-0.3, -0.25) is 0 Å². The van der Waals surface area contributed by atoms with Crippen LogP contribution in [0, 0.1) is 6.92 Å². The minimum Gasteiger partial charge on any atom is -0.380 e. The number of nitrogen functional groups attached to an aromatic ring is 1. The van der Waals surface area contributed by atoms with E-state index in [1.807, 2.05) is 49.4 Å². The average Bonchev–Trinajstić information content (AvgIpc) is 2.84. The second kappa shape index (κ2) is 5.54. The highest BCUT2D eigenvalue weighted by atomic mass is 79.9. The summed E-state index contributed by atoms with van der Waals surface area (Å²) >= 11 is 9.64. The van der Waals surface area contributed by atoms with E-state index < -0.39 is 0 Å². The van der Waals surface area contributed by atoms with E-state index in [1.54, 1.807) is 0 Å². The molecule has 2 N–H and O–H groups in total. The van der Waals surface area contributed by atoms with E-state index in [4.69, 9.17) is 21.9 Å². The van der Waals surface area contributed by atoms with Gasteiger partial charge in [-0.1, -0.05) is 57.0 Å². The Bertz CT molecular complexity index is 814. The van der Waals surface area contributed by atoms with Gasteiger partial charge in [0.25, 0.3) is 0 Å². The Morgan fingerprint density at radius 1 is 1.14 bits per heavy atom. The maximum atomic E-state index is 6.10. The molecule has 106 valence electrons.